The lowest BCUT2D eigenvalue weighted by Crippen LogP contribution is -2.16. The summed E-state index contributed by atoms with van der Waals surface area (Å²) in [5.41, 5.74) is 0.809. The van der Waals surface area contributed by atoms with E-state index in [1.54, 1.807) is 18.2 Å². The molecule has 2 aromatic rings. The Morgan fingerprint density at radius 1 is 1.19 bits per heavy atom. The van der Waals surface area contributed by atoms with Crippen LogP contribution in [0.1, 0.15) is 5.69 Å². The van der Waals surface area contributed by atoms with Crippen LogP contribution in [0.5, 0.6) is 11.5 Å². The molecule has 0 spiro atoms. The SMILES string of the molecule is O=S(=O)(Nc1ccc2c(c1)OCCO2)c1c[nH]c(CO)c1. The Morgan fingerprint density at radius 2 is 1.95 bits per heavy atom. The van der Waals surface area contributed by atoms with E-state index in [-0.39, 0.29) is 11.5 Å². The fraction of sp³-hybridized carbons (Fsp3) is 0.231. The van der Waals surface area contributed by atoms with E-state index in [0.717, 1.165) is 0 Å². The number of rotatable bonds is 4. The zero-order valence-corrected chi connectivity index (χ0v) is 11.8. The summed E-state index contributed by atoms with van der Waals surface area (Å²) in [5, 5.41) is 8.96. The van der Waals surface area contributed by atoms with E-state index in [4.69, 9.17) is 14.6 Å². The van der Waals surface area contributed by atoms with Crippen molar-refractivity contribution in [2.45, 2.75) is 11.5 Å². The normalized spacial score (nSPS) is 14.0. The van der Waals surface area contributed by atoms with Crippen LogP contribution in [0.2, 0.25) is 0 Å². The third kappa shape index (κ3) is 2.81. The number of benzene rings is 1. The van der Waals surface area contributed by atoms with Gasteiger partial charge in [0, 0.05) is 18.0 Å². The Bertz CT molecular complexity index is 754. The number of hydrogen-bond acceptors (Lipinski definition) is 5. The Morgan fingerprint density at radius 3 is 2.67 bits per heavy atom. The first-order valence-electron chi connectivity index (χ1n) is 6.29. The monoisotopic (exact) mass is 310 g/mol. The highest BCUT2D eigenvalue weighted by Gasteiger charge is 2.18. The molecule has 0 atom stereocenters. The molecule has 21 heavy (non-hydrogen) atoms. The molecule has 8 heteroatoms. The molecule has 0 aliphatic carbocycles. The lowest BCUT2D eigenvalue weighted by atomic mass is 10.3. The van der Waals surface area contributed by atoms with Crippen molar-refractivity contribution in [1.82, 2.24) is 4.98 Å². The number of aliphatic hydroxyl groups excluding tert-OH is 1. The van der Waals surface area contributed by atoms with Crippen LogP contribution in [-0.4, -0.2) is 31.7 Å². The average Bonchev–Trinajstić information content (AvgIpc) is 2.96. The highest BCUT2D eigenvalue weighted by atomic mass is 32.2. The summed E-state index contributed by atoms with van der Waals surface area (Å²) in [6.07, 6.45) is 1.33. The van der Waals surface area contributed by atoms with Crippen LogP contribution in [0.15, 0.2) is 35.4 Å². The number of anilines is 1. The van der Waals surface area contributed by atoms with Crippen LogP contribution in [0, 0.1) is 0 Å². The molecule has 0 bridgehead atoms. The Hall–Kier alpha value is -2.19. The number of hydrogen-bond donors (Lipinski definition) is 3. The maximum atomic E-state index is 12.2. The molecule has 0 fully saturated rings. The van der Waals surface area contributed by atoms with Gasteiger partial charge in [0.15, 0.2) is 11.5 Å². The minimum absolute atomic E-state index is 0.0569. The van der Waals surface area contributed by atoms with Crippen molar-refractivity contribution < 1.29 is 23.0 Å². The lowest BCUT2D eigenvalue weighted by molar-refractivity contribution is 0.171. The second-order valence-electron chi connectivity index (χ2n) is 4.48. The summed E-state index contributed by atoms with van der Waals surface area (Å²) in [5.74, 6) is 1.10. The number of H-pyrrole nitrogens is 1. The number of sulfonamides is 1. The number of aromatic nitrogens is 1. The van der Waals surface area contributed by atoms with Crippen LogP contribution in [0.3, 0.4) is 0 Å². The van der Waals surface area contributed by atoms with Gasteiger partial charge in [-0.25, -0.2) is 8.42 Å². The van der Waals surface area contributed by atoms with Crippen molar-refractivity contribution in [3.63, 3.8) is 0 Å². The summed E-state index contributed by atoms with van der Waals surface area (Å²) in [4.78, 5) is 2.74. The van der Waals surface area contributed by atoms with Crippen molar-refractivity contribution in [2.75, 3.05) is 17.9 Å². The third-order valence-corrected chi connectivity index (χ3v) is 4.35. The van der Waals surface area contributed by atoms with Gasteiger partial charge in [-0.2, -0.15) is 0 Å². The van der Waals surface area contributed by atoms with Crippen LogP contribution in [0.25, 0.3) is 0 Å². The molecule has 0 saturated carbocycles. The van der Waals surface area contributed by atoms with Gasteiger partial charge in [-0.15, -0.1) is 0 Å². The molecule has 1 aliphatic rings. The van der Waals surface area contributed by atoms with E-state index < -0.39 is 10.0 Å². The predicted molar refractivity (Wildman–Crippen MR) is 75.0 cm³/mol. The summed E-state index contributed by atoms with van der Waals surface area (Å²) in [7, 11) is -3.72. The largest absolute Gasteiger partial charge is 0.486 e. The number of aromatic amines is 1. The molecule has 3 rings (SSSR count). The zero-order valence-electron chi connectivity index (χ0n) is 11.0. The van der Waals surface area contributed by atoms with Gasteiger partial charge in [0.05, 0.1) is 12.3 Å². The van der Waals surface area contributed by atoms with Gasteiger partial charge >= 0.3 is 0 Å². The fourth-order valence-corrected chi connectivity index (χ4v) is 3.05. The van der Waals surface area contributed by atoms with Gasteiger partial charge in [0.25, 0.3) is 10.0 Å². The van der Waals surface area contributed by atoms with Crippen molar-refractivity contribution in [1.29, 1.82) is 0 Å². The van der Waals surface area contributed by atoms with Crippen molar-refractivity contribution in [3.8, 4) is 11.5 Å². The van der Waals surface area contributed by atoms with Crippen molar-refractivity contribution in [3.05, 3.63) is 36.2 Å². The van der Waals surface area contributed by atoms with E-state index >= 15 is 0 Å². The maximum Gasteiger partial charge on any atom is 0.263 e. The number of aliphatic hydroxyl groups is 1. The quantitative estimate of drug-likeness (QED) is 0.784. The van der Waals surface area contributed by atoms with Crippen LogP contribution in [0.4, 0.5) is 5.69 Å². The molecular weight excluding hydrogens is 296 g/mol. The predicted octanol–water partition coefficient (Wildman–Crippen LogP) is 1.08. The summed E-state index contributed by atoms with van der Waals surface area (Å²) >= 11 is 0. The maximum absolute atomic E-state index is 12.2. The Kier molecular flexibility index (Phi) is 3.48. The molecule has 112 valence electrons. The first-order valence-corrected chi connectivity index (χ1v) is 7.77. The van der Waals surface area contributed by atoms with Gasteiger partial charge in [-0.1, -0.05) is 0 Å². The molecule has 7 nitrogen and oxygen atoms in total. The summed E-state index contributed by atoms with van der Waals surface area (Å²) < 4.78 is 37.7. The smallest absolute Gasteiger partial charge is 0.263 e. The third-order valence-electron chi connectivity index (χ3n) is 2.99. The summed E-state index contributed by atoms with van der Waals surface area (Å²) in [6.45, 7) is 0.659. The first-order chi connectivity index (χ1) is 10.1. The molecule has 0 unspecified atom stereocenters. The second-order valence-corrected chi connectivity index (χ2v) is 6.17. The molecule has 1 aliphatic heterocycles. The first kappa shape index (κ1) is 13.8. The number of ether oxygens (including phenoxy) is 2. The van der Waals surface area contributed by atoms with E-state index in [0.29, 0.717) is 36.1 Å². The molecule has 1 aromatic heterocycles. The van der Waals surface area contributed by atoms with Crippen LogP contribution in [-0.2, 0) is 16.6 Å². The Balaban J connectivity index is 1.85. The van der Waals surface area contributed by atoms with E-state index in [9.17, 15) is 8.42 Å². The highest BCUT2D eigenvalue weighted by Crippen LogP contribution is 2.33. The topological polar surface area (TPSA) is 101 Å². The van der Waals surface area contributed by atoms with Gasteiger partial charge in [-0.05, 0) is 18.2 Å². The van der Waals surface area contributed by atoms with Gasteiger partial charge < -0.3 is 19.6 Å². The standard InChI is InChI=1S/C13H14N2O5S/c16-8-10-5-11(7-14-10)21(17,18)15-9-1-2-12-13(6-9)20-4-3-19-12/h1-2,5-7,14-16H,3-4,8H2. The average molecular weight is 310 g/mol. The summed E-state index contributed by atoms with van der Waals surface area (Å²) in [6, 6.07) is 6.21. The molecular formula is C13H14N2O5S. The van der Waals surface area contributed by atoms with Crippen molar-refractivity contribution >= 4 is 15.7 Å². The van der Waals surface area contributed by atoms with E-state index in [1.807, 2.05) is 0 Å². The second kappa shape index (κ2) is 5.30. The van der Waals surface area contributed by atoms with Gasteiger partial charge in [0.2, 0.25) is 0 Å². The molecule has 2 heterocycles. The lowest BCUT2D eigenvalue weighted by Gasteiger charge is -2.19. The van der Waals surface area contributed by atoms with E-state index in [1.165, 1.54) is 12.3 Å². The van der Waals surface area contributed by atoms with Crippen LogP contribution >= 0.6 is 0 Å². The minimum atomic E-state index is -3.72. The van der Waals surface area contributed by atoms with Crippen LogP contribution < -0.4 is 14.2 Å². The van der Waals surface area contributed by atoms with Gasteiger partial charge in [0.1, 0.15) is 18.1 Å². The Labute approximate surface area is 121 Å². The van der Waals surface area contributed by atoms with E-state index in [2.05, 4.69) is 9.71 Å². The highest BCUT2D eigenvalue weighted by molar-refractivity contribution is 7.92. The van der Waals surface area contributed by atoms with Crippen molar-refractivity contribution in [2.24, 2.45) is 0 Å². The molecule has 3 N–H and O–H groups in total. The molecule has 0 radical (unpaired) electrons. The molecule has 0 saturated heterocycles. The number of nitrogens with one attached hydrogen (secondary N) is 2. The minimum Gasteiger partial charge on any atom is -0.486 e. The zero-order chi connectivity index (χ0) is 14.9. The molecule has 1 aromatic carbocycles. The fourth-order valence-electron chi connectivity index (χ4n) is 1.99. The van der Waals surface area contributed by atoms with Gasteiger partial charge in [-0.3, -0.25) is 4.72 Å². The molecule has 0 amide bonds. The number of fused-ring (bicyclic) bond motifs is 1.